The largest absolute Gasteiger partial charge is 0.478 e. The fraction of sp³-hybridized carbons (Fsp3) is 0.200. The van der Waals surface area contributed by atoms with Gasteiger partial charge in [-0.2, -0.15) is 13.2 Å². The summed E-state index contributed by atoms with van der Waals surface area (Å²) in [5, 5.41) is 16.6. The molecule has 0 saturated heterocycles. The van der Waals surface area contributed by atoms with Gasteiger partial charge in [-0.15, -0.1) is 0 Å². The standard InChI is InChI=1S/C15H14F3N3O4S/c16-15(17,18)11-8-12(21-6-4-9-3-1-2-5-20-9)10(14(22)23)7-13(11)26(19,24)25/h1-3,5,7-8,21H,4,6H2,(H,22,23)(H2,19,24,25). The number of rotatable bonds is 6. The van der Waals surface area contributed by atoms with Gasteiger partial charge in [-0.05, 0) is 24.3 Å². The summed E-state index contributed by atoms with van der Waals surface area (Å²) >= 11 is 0. The van der Waals surface area contributed by atoms with E-state index in [1.165, 1.54) is 0 Å². The van der Waals surface area contributed by atoms with Crippen LogP contribution in [0.4, 0.5) is 18.9 Å². The summed E-state index contributed by atoms with van der Waals surface area (Å²) in [4.78, 5) is 14.1. The Bertz CT molecular complexity index is 916. The van der Waals surface area contributed by atoms with Crippen molar-refractivity contribution in [2.75, 3.05) is 11.9 Å². The SMILES string of the molecule is NS(=O)(=O)c1cc(C(=O)O)c(NCCc2ccccn2)cc1C(F)(F)F. The molecule has 0 atom stereocenters. The van der Waals surface area contributed by atoms with Crippen molar-refractivity contribution in [3.05, 3.63) is 53.3 Å². The number of nitrogens with one attached hydrogen (secondary N) is 1. The van der Waals surface area contributed by atoms with E-state index in [1.54, 1.807) is 24.4 Å². The summed E-state index contributed by atoms with van der Waals surface area (Å²) in [6.45, 7) is 0.0866. The number of hydrogen-bond donors (Lipinski definition) is 3. The topological polar surface area (TPSA) is 122 Å². The molecule has 0 radical (unpaired) electrons. The quantitative estimate of drug-likeness (QED) is 0.695. The zero-order valence-corrected chi connectivity index (χ0v) is 13.9. The number of carboxylic acids is 1. The Labute approximate surface area is 146 Å². The highest BCUT2D eigenvalue weighted by Crippen LogP contribution is 2.37. The Morgan fingerprint density at radius 3 is 2.46 bits per heavy atom. The molecule has 0 amide bonds. The van der Waals surface area contributed by atoms with Gasteiger partial charge in [0, 0.05) is 30.5 Å². The van der Waals surface area contributed by atoms with Crippen LogP contribution in [0.1, 0.15) is 21.6 Å². The van der Waals surface area contributed by atoms with E-state index in [0.29, 0.717) is 24.2 Å². The molecule has 140 valence electrons. The summed E-state index contributed by atoms with van der Waals surface area (Å²) < 4.78 is 62.4. The van der Waals surface area contributed by atoms with Crippen molar-refractivity contribution in [3.63, 3.8) is 0 Å². The number of pyridine rings is 1. The highest BCUT2D eigenvalue weighted by molar-refractivity contribution is 7.89. The van der Waals surface area contributed by atoms with Crippen LogP contribution < -0.4 is 10.5 Å². The predicted octanol–water partition coefficient (Wildman–Crippen LogP) is 2.10. The van der Waals surface area contributed by atoms with Crippen LogP contribution in [-0.4, -0.2) is 31.0 Å². The fourth-order valence-corrected chi connectivity index (χ4v) is 2.99. The van der Waals surface area contributed by atoms with Gasteiger partial charge in [0.2, 0.25) is 10.0 Å². The molecule has 0 fully saturated rings. The molecule has 11 heteroatoms. The van der Waals surface area contributed by atoms with Crippen LogP contribution in [0.25, 0.3) is 0 Å². The summed E-state index contributed by atoms with van der Waals surface area (Å²) in [7, 11) is -4.77. The lowest BCUT2D eigenvalue weighted by atomic mass is 10.1. The maximum absolute atomic E-state index is 13.2. The lowest BCUT2D eigenvalue weighted by Gasteiger charge is -2.16. The average Bonchev–Trinajstić information content (AvgIpc) is 2.53. The molecule has 0 bridgehead atoms. The number of nitrogens with zero attached hydrogens (tertiary/aromatic N) is 1. The number of aromatic carboxylic acids is 1. The zero-order chi connectivity index (χ0) is 19.5. The van der Waals surface area contributed by atoms with Gasteiger partial charge in [-0.3, -0.25) is 4.98 Å². The number of nitrogens with two attached hydrogens (primary N) is 1. The van der Waals surface area contributed by atoms with Crippen molar-refractivity contribution in [1.29, 1.82) is 0 Å². The number of sulfonamides is 1. The van der Waals surface area contributed by atoms with Gasteiger partial charge in [0.1, 0.15) is 0 Å². The normalized spacial score (nSPS) is 12.0. The molecule has 1 heterocycles. The smallest absolute Gasteiger partial charge is 0.417 e. The third-order valence-electron chi connectivity index (χ3n) is 3.38. The highest BCUT2D eigenvalue weighted by atomic mass is 32.2. The van der Waals surface area contributed by atoms with Crippen molar-refractivity contribution < 1.29 is 31.5 Å². The molecule has 0 spiro atoms. The van der Waals surface area contributed by atoms with Crippen molar-refractivity contribution >= 4 is 21.7 Å². The Kier molecular flexibility index (Phi) is 5.52. The predicted molar refractivity (Wildman–Crippen MR) is 86.2 cm³/mol. The number of carboxylic acid groups (broad SMARTS) is 1. The number of aromatic nitrogens is 1. The monoisotopic (exact) mass is 389 g/mol. The van der Waals surface area contributed by atoms with E-state index in [0.717, 1.165) is 0 Å². The summed E-state index contributed by atoms with van der Waals surface area (Å²) in [6.07, 6.45) is -3.17. The Hall–Kier alpha value is -2.66. The Morgan fingerprint density at radius 2 is 1.96 bits per heavy atom. The van der Waals surface area contributed by atoms with Crippen LogP contribution >= 0.6 is 0 Å². The summed E-state index contributed by atoms with van der Waals surface area (Å²) in [5.41, 5.74) is -1.89. The van der Waals surface area contributed by atoms with Gasteiger partial charge in [0.05, 0.1) is 16.0 Å². The Balaban J connectivity index is 2.42. The second kappa shape index (κ2) is 7.30. The third kappa shape index (κ3) is 4.70. The lowest BCUT2D eigenvalue weighted by molar-refractivity contribution is -0.139. The molecule has 1 aromatic carbocycles. The molecular weight excluding hydrogens is 375 g/mol. The molecule has 4 N–H and O–H groups in total. The van der Waals surface area contributed by atoms with Gasteiger partial charge in [0.25, 0.3) is 0 Å². The van der Waals surface area contributed by atoms with Crippen molar-refractivity contribution in [2.45, 2.75) is 17.5 Å². The minimum Gasteiger partial charge on any atom is -0.478 e. The van der Waals surface area contributed by atoms with Crippen LogP contribution in [0.3, 0.4) is 0 Å². The summed E-state index contributed by atoms with van der Waals surface area (Å²) in [6, 6.07) is 5.96. The van der Waals surface area contributed by atoms with Crippen molar-refractivity contribution in [1.82, 2.24) is 4.98 Å². The molecule has 7 nitrogen and oxygen atoms in total. The Morgan fingerprint density at radius 1 is 1.27 bits per heavy atom. The third-order valence-corrected chi connectivity index (χ3v) is 4.34. The minimum absolute atomic E-state index is 0.0866. The van der Waals surface area contributed by atoms with Crippen LogP contribution in [0.15, 0.2) is 41.4 Å². The molecule has 0 saturated carbocycles. The second-order valence-corrected chi connectivity index (χ2v) is 6.77. The van der Waals surface area contributed by atoms with E-state index in [9.17, 15) is 31.5 Å². The van der Waals surface area contributed by atoms with E-state index >= 15 is 0 Å². The van der Waals surface area contributed by atoms with Gasteiger partial charge in [-0.1, -0.05) is 6.07 Å². The van der Waals surface area contributed by atoms with E-state index < -0.39 is 38.2 Å². The number of hydrogen-bond acceptors (Lipinski definition) is 5. The highest BCUT2D eigenvalue weighted by Gasteiger charge is 2.38. The maximum atomic E-state index is 13.2. The number of halogens is 3. The van der Waals surface area contributed by atoms with Crippen molar-refractivity contribution in [3.8, 4) is 0 Å². The van der Waals surface area contributed by atoms with Gasteiger partial charge in [0.15, 0.2) is 0 Å². The molecular formula is C15H14F3N3O4S. The van der Waals surface area contributed by atoms with E-state index in [-0.39, 0.29) is 12.2 Å². The van der Waals surface area contributed by atoms with E-state index in [2.05, 4.69) is 10.3 Å². The molecule has 0 aliphatic heterocycles. The summed E-state index contributed by atoms with van der Waals surface area (Å²) in [5.74, 6) is -1.59. The second-order valence-electron chi connectivity index (χ2n) is 5.24. The molecule has 2 aromatic rings. The molecule has 1 aromatic heterocycles. The van der Waals surface area contributed by atoms with Crippen LogP contribution in [0, 0.1) is 0 Å². The number of primary sulfonamides is 1. The van der Waals surface area contributed by atoms with Crippen LogP contribution in [0.5, 0.6) is 0 Å². The first-order valence-corrected chi connectivity index (χ1v) is 8.70. The molecule has 2 rings (SSSR count). The average molecular weight is 389 g/mol. The minimum atomic E-state index is -5.03. The van der Waals surface area contributed by atoms with Crippen molar-refractivity contribution in [2.24, 2.45) is 5.14 Å². The van der Waals surface area contributed by atoms with E-state index in [1.807, 2.05) is 0 Å². The maximum Gasteiger partial charge on any atom is 0.417 e. The first kappa shape index (κ1) is 19.7. The number of anilines is 1. The first-order valence-electron chi connectivity index (χ1n) is 7.15. The zero-order valence-electron chi connectivity index (χ0n) is 13.1. The van der Waals surface area contributed by atoms with Gasteiger partial charge < -0.3 is 10.4 Å². The molecule has 26 heavy (non-hydrogen) atoms. The lowest BCUT2D eigenvalue weighted by Crippen LogP contribution is -2.21. The van der Waals surface area contributed by atoms with Crippen LogP contribution in [0.2, 0.25) is 0 Å². The first-order chi connectivity index (χ1) is 12.0. The molecule has 0 aliphatic rings. The molecule has 0 unspecified atom stereocenters. The number of carbonyl (C=O) groups is 1. The van der Waals surface area contributed by atoms with Gasteiger partial charge in [-0.25, -0.2) is 18.4 Å². The molecule has 0 aliphatic carbocycles. The van der Waals surface area contributed by atoms with Gasteiger partial charge >= 0.3 is 12.1 Å². The fourth-order valence-electron chi connectivity index (χ4n) is 2.23. The number of benzene rings is 1. The van der Waals surface area contributed by atoms with E-state index in [4.69, 9.17) is 5.14 Å². The number of alkyl halides is 3. The van der Waals surface area contributed by atoms with Crippen LogP contribution in [-0.2, 0) is 22.6 Å².